The number of hydrogen-bond acceptors (Lipinski definition) is 5. The van der Waals surface area contributed by atoms with E-state index in [9.17, 15) is 10.1 Å². The maximum absolute atomic E-state index is 13.1. The predicted molar refractivity (Wildman–Crippen MR) is 102 cm³/mol. The van der Waals surface area contributed by atoms with Gasteiger partial charge in [0.2, 0.25) is 5.78 Å². The number of nitriles is 1. The van der Waals surface area contributed by atoms with Crippen LogP contribution in [0.25, 0.3) is 0 Å². The third-order valence-electron chi connectivity index (χ3n) is 4.34. The Labute approximate surface area is 157 Å². The molecule has 0 aliphatic carbocycles. The van der Waals surface area contributed by atoms with Crippen molar-refractivity contribution in [1.82, 2.24) is 4.57 Å². The van der Waals surface area contributed by atoms with Crippen LogP contribution in [0.5, 0.6) is 11.5 Å². The fraction of sp³-hybridized carbons (Fsp3) is 0.143. The molecule has 0 amide bonds. The number of nitrogens with zero attached hydrogens (tertiary/aromatic N) is 2. The molecule has 0 spiro atoms. The minimum Gasteiger partial charge on any atom is -0.497 e. The number of ketones is 1. The van der Waals surface area contributed by atoms with Crippen LogP contribution < -0.4 is 15.2 Å². The van der Waals surface area contributed by atoms with E-state index in [2.05, 4.69) is 0 Å². The van der Waals surface area contributed by atoms with E-state index in [1.807, 2.05) is 30.3 Å². The Morgan fingerprint density at radius 1 is 1.11 bits per heavy atom. The second-order valence-corrected chi connectivity index (χ2v) is 5.91. The minimum absolute atomic E-state index is 0.174. The van der Waals surface area contributed by atoms with E-state index in [-0.39, 0.29) is 22.7 Å². The molecule has 2 aromatic carbocycles. The molecule has 0 saturated heterocycles. The summed E-state index contributed by atoms with van der Waals surface area (Å²) in [5.74, 6) is 1.10. The smallest absolute Gasteiger partial charge is 0.211 e. The van der Waals surface area contributed by atoms with E-state index in [4.69, 9.17) is 15.2 Å². The second kappa shape index (κ2) is 7.67. The number of benzene rings is 2. The van der Waals surface area contributed by atoms with Crippen LogP contribution in [0.4, 0.5) is 5.69 Å². The number of ether oxygens (including phenoxy) is 2. The number of carbonyl (C=O) groups excluding carboxylic acids is 1. The molecule has 6 nitrogen and oxygen atoms in total. The molecule has 0 saturated carbocycles. The lowest BCUT2D eigenvalue weighted by atomic mass is 10.1. The van der Waals surface area contributed by atoms with Crippen LogP contribution in [0, 0.1) is 11.3 Å². The van der Waals surface area contributed by atoms with E-state index < -0.39 is 0 Å². The van der Waals surface area contributed by atoms with Crippen LogP contribution in [0.1, 0.15) is 27.2 Å². The predicted octanol–water partition coefficient (Wildman–Crippen LogP) is 3.24. The first kappa shape index (κ1) is 18.1. The van der Waals surface area contributed by atoms with Gasteiger partial charge in [-0.3, -0.25) is 4.79 Å². The highest BCUT2D eigenvalue weighted by molar-refractivity contribution is 6.11. The number of methoxy groups -OCH3 is 2. The third-order valence-corrected chi connectivity index (χ3v) is 4.34. The molecule has 0 radical (unpaired) electrons. The molecular weight excluding hydrogens is 342 g/mol. The van der Waals surface area contributed by atoms with Crippen molar-refractivity contribution in [2.75, 3.05) is 20.0 Å². The molecule has 3 rings (SSSR count). The standard InChI is InChI=1S/C21H19N3O3/c1-26-17-9-7-14(8-10-17)21(25)20-19(23)16(11-22)13-24(20)12-15-5-3-4-6-18(15)27-2/h3-10,13H,12,23H2,1-2H3. The van der Waals surface area contributed by atoms with Gasteiger partial charge in [0.15, 0.2) is 0 Å². The molecule has 0 bridgehead atoms. The maximum Gasteiger partial charge on any atom is 0.211 e. The molecule has 3 aromatic rings. The first-order valence-corrected chi connectivity index (χ1v) is 8.28. The van der Waals surface area contributed by atoms with Crippen molar-refractivity contribution in [1.29, 1.82) is 5.26 Å². The van der Waals surface area contributed by atoms with Gasteiger partial charge >= 0.3 is 0 Å². The van der Waals surface area contributed by atoms with Gasteiger partial charge in [0.05, 0.1) is 32.0 Å². The zero-order valence-electron chi connectivity index (χ0n) is 15.1. The van der Waals surface area contributed by atoms with Crippen molar-refractivity contribution in [2.24, 2.45) is 0 Å². The Morgan fingerprint density at radius 2 is 1.81 bits per heavy atom. The first-order chi connectivity index (χ1) is 13.1. The van der Waals surface area contributed by atoms with Crippen LogP contribution in [-0.2, 0) is 6.54 Å². The van der Waals surface area contributed by atoms with Gasteiger partial charge in [0, 0.05) is 17.3 Å². The number of hydrogen-bond donors (Lipinski definition) is 1. The van der Waals surface area contributed by atoms with Gasteiger partial charge < -0.3 is 19.8 Å². The molecule has 0 fully saturated rings. The van der Waals surface area contributed by atoms with Gasteiger partial charge in [-0.25, -0.2) is 0 Å². The van der Waals surface area contributed by atoms with Crippen molar-refractivity contribution in [3.8, 4) is 17.6 Å². The first-order valence-electron chi connectivity index (χ1n) is 8.28. The minimum atomic E-state index is -0.258. The van der Waals surface area contributed by atoms with Gasteiger partial charge in [-0.15, -0.1) is 0 Å². The van der Waals surface area contributed by atoms with E-state index in [0.29, 0.717) is 23.6 Å². The number of carbonyl (C=O) groups is 1. The summed E-state index contributed by atoms with van der Waals surface area (Å²) in [5.41, 5.74) is 8.18. The fourth-order valence-electron chi connectivity index (χ4n) is 2.93. The van der Waals surface area contributed by atoms with Crippen LogP contribution in [0.3, 0.4) is 0 Å². The van der Waals surface area contributed by atoms with Crippen LogP contribution >= 0.6 is 0 Å². The average Bonchev–Trinajstić information content (AvgIpc) is 3.03. The average molecular weight is 361 g/mol. The molecule has 6 heteroatoms. The third kappa shape index (κ3) is 3.48. The summed E-state index contributed by atoms with van der Waals surface area (Å²) in [6.45, 7) is 0.354. The lowest BCUT2D eigenvalue weighted by Crippen LogP contribution is -2.13. The quantitative estimate of drug-likeness (QED) is 0.681. The molecule has 27 heavy (non-hydrogen) atoms. The number of nitrogen functional groups attached to an aromatic ring is 1. The SMILES string of the molecule is COc1ccc(C(=O)c2c(N)c(C#N)cn2Cc2ccccc2OC)cc1. The molecule has 0 aliphatic heterocycles. The van der Waals surface area contributed by atoms with Gasteiger partial charge in [-0.05, 0) is 30.3 Å². The topological polar surface area (TPSA) is 90.3 Å². The zero-order valence-corrected chi connectivity index (χ0v) is 15.1. The summed E-state index contributed by atoms with van der Waals surface area (Å²) in [4.78, 5) is 13.1. The number of para-hydroxylation sites is 1. The zero-order chi connectivity index (χ0) is 19.4. The van der Waals surface area contributed by atoms with Gasteiger partial charge in [-0.2, -0.15) is 5.26 Å². The van der Waals surface area contributed by atoms with E-state index in [1.165, 1.54) is 0 Å². The number of nitrogens with two attached hydrogens (primary N) is 1. The highest BCUT2D eigenvalue weighted by Crippen LogP contribution is 2.27. The lowest BCUT2D eigenvalue weighted by molar-refractivity contribution is 0.103. The summed E-state index contributed by atoms with van der Waals surface area (Å²) < 4.78 is 12.2. The Morgan fingerprint density at radius 3 is 2.44 bits per heavy atom. The molecular formula is C21H19N3O3. The fourth-order valence-corrected chi connectivity index (χ4v) is 2.93. The summed E-state index contributed by atoms with van der Waals surface area (Å²) in [5, 5.41) is 9.35. The number of rotatable bonds is 6. The molecule has 0 unspecified atom stereocenters. The lowest BCUT2D eigenvalue weighted by Gasteiger charge is -2.12. The maximum atomic E-state index is 13.1. The Kier molecular flexibility index (Phi) is 5.13. The van der Waals surface area contributed by atoms with E-state index in [0.717, 1.165) is 5.56 Å². The van der Waals surface area contributed by atoms with Crippen LogP contribution in [0.2, 0.25) is 0 Å². The second-order valence-electron chi connectivity index (χ2n) is 5.91. The number of anilines is 1. The summed E-state index contributed by atoms with van der Waals surface area (Å²) in [7, 11) is 3.15. The van der Waals surface area contributed by atoms with Crippen LogP contribution in [0.15, 0.2) is 54.7 Å². The largest absolute Gasteiger partial charge is 0.497 e. The van der Waals surface area contributed by atoms with Gasteiger partial charge in [0.25, 0.3) is 0 Å². The highest BCUT2D eigenvalue weighted by atomic mass is 16.5. The molecule has 0 atom stereocenters. The van der Waals surface area contributed by atoms with Crippen molar-refractivity contribution < 1.29 is 14.3 Å². The molecule has 0 aliphatic rings. The Bertz CT molecular complexity index is 1010. The summed E-state index contributed by atoms with van der Waals surface area (Å²) in [6.07, 6.45) is 1.60. The normalized spacial score (nSPS) is 10.3. The molecule has 1 heterocycles. The molecule has 1 aromatic heterocycles. The Balaban J connectivity index is 2.05. The van der Waals surface area contributed by atoms with E-state index >= 15 is 0 Å². The van der Waals surface area contributed by atoms with Crippen molar-refractivity contribution in [2.45, 2.75) is 6.54 Å². The van der Waals surface area contributed by atoms with Crippen molar-refractivity contribution in [3.05, 3.63) is 77.1 Å². The Hall–Kier alpha value is -3.72. The summed E-state index contributed by atoms with van der Waals surface area (Å²) in [6, 6.07) is 16.3. The molecule has 2 N–H and O–H groups in total. The van der Waals surface area contributed by atoms with Gasteiger partial charge in [0.1, 0.15) is 23.3 Å². The van der Waals surface area contributed by atoms with E-state index in [1.54, 1.807) is 49.2 Å². The van der Waals surface area contributed by atoms with Crippen LogP contribution in [-0.4, -0.2) is 24.6 Å². The van der Waals surface area contributed by atoms with Crippen molar-refractivity contribution >= 4 is 11.5 Å². The van der Waals surface area contributed by atoms with Crippen molar-refractivity contribution in [3.63, 3.8) is 0 Å². The summed E-state index contributed by atoms with van der Waals surface area (Å²) >= 11 is 0. The van der Waals surface area contributed by atoms with Gasteiger partial charge in [-0.1, -0.05) is 18.2 Å². The monoisotopic (exact) mass is 361 g/mol. The number of aromatic nitrogens is 1. The molecule has 136 valence electrons. The highest BCUT2D eigenvalue weighted by Gasteiger charge is 2.22.